The molecule has 1 N–H and O–H groups in total. The lowest BCUT2D eigenvalue weighted by atomic mass is 10.1. The largest absolute Gasteiger partial charge is 0.465 e. The topological polar surface area (TPSA) is 58.6 Å². The van der Waals surface area contributed by atoms with E-state index in [1.807, 2.05) is 12.3 Å². The van der Waals surface area contributed by atoms with Crippen molar-refractivity contribution < 1.29 is 14.3 Å². The van der Waals surface area contributed by atoms with Crippen LogP contribution in [0.2, 0.25) is 0 Å². The second-order valence-corrected chi connectivity index (χ2v) is 6.56. The first-order valence-corrected chi connectivity index (χ1v) is 8.64. The van der Waals surface area contributed by atoms with Crippen molar-refractivity contribution in [3.63, 3.8) is 0 Å². The minimum absolute atomic E-state index is 0.0170. The highest BCUT2D eigenvalue weighted by Crippen LogP contribution is 2.22. The lowest BCUT2D eigenvalue weighted by molar-refractivity contribution is -0.122. The monoisotopic (exact) mass is 324 g/mol. The average Bonchev–Trinajstić information content (AvgIpc) is 2.71. The number of ether oxygens (including phenoxy) is 1. The van der Waals surface area contributed by atoms with Crippen molar-refractivity contribution in [3.05, 3.63) is 21.4 Å². The molecule has 0 aromatic carbocycles. The first-order chi connectivity index (χ1) is 10.6. The van der Waals surface area contributed by atoms with E-state index in [1.165, 1.54) is 44.1 Å². The minimum Gasteiger partial charge on any atom is -0.465 e. The van der Waals surface area contributed by atoms with E-state index in [1.54, 1.807) is 0 Å². The lowest BCUT2D eigenvalue weighted by Gasteiger charge is -2.19. The third-order valence-corrected chi connectivity index (χ3v) is 5.12. The van der Waals surface area contributed by atoms with Crippen LogP contribution in [0.25, 0.3) is 0 Å². The SMILES string of the molecule is COC(=O)c1scc(C)c1CNC(=O)CN1CCCCCC1. The van der Waals surface area contributed by atoms with Gasteiger partial charge in [0.25, 0.3) is 0 Å². The van der Waals surface area contributed by atoms with Crippen LogP contribution in [0.15, 0.2) is 5.38 Å². The number of esters is 1. The molecule has 1 fully saturated rings. The molecule has 1 aliphatic rings. The molecule has 6 heteroatoms. The quantitative estimate of drug-likeness (QED) is 0.845. The molecule has 0 saturated carbocycles. The summed E-state index contributed by atoms with van der Waals surface area (Å²) in [5.41, 5.74) is 1.88. The molecule has 0 atom stereocenters. The average molecular weight is 324 g/mol. The summed E-state index contributed by atoms with van der Waals surface area (Å²) in [6.07, 6.45) is 4.86. The van der Waals surface area contributed by atoms with Crippen molar-refractivity contribution in [3.8, 4) is 0 Å². The van der Waals surface area contributed by atoms with Crippen molar-refractivity contribution in [2.24, 2.45) is 0 Å². The maximum absolute atomic E-state index is 12.1. The molecule has 22 heavy (non-hydrogen) atoms. The highest BCUT2D eigenvalue weighted by atomic mass is 32.1. The van der Waals surface area contributed by atoms with Gasteiger partial charge in [0.1, 0.15) is 4.88 Å². The normalized spacial score (nSPS) is 16.1. The van der Waals surface area contributed by atoms with Crippen molar-refractivity contribution >= 4 is 23.2 Å². The van der Waals surface area contributed by atoms with Crippen LogP contribution < -0.4 is 5.32 Å². The number of hydrogen-bond donors (Lipinski definition) is 1. The summed E-state index contributed by atoms with van der Waals surface area (Å²) in [5, 5.41) is 4.85. The summed E-state index contributed by atoms with van der Waals surface area (Å²) in [6, 6.07) is 0. The van der Waals surface area contributed by atoms with Gasteiger partial charge in [-0.3, -0.25) is 9.69 Å². The number of amides is 1. The first kappa shape index (κ1) is 17.0. The molecule has 122 valence electrons. The zero-order valence-electron chi connectivity index (χ0n) is 13.3. The number of methoxy groups -OCH3 is 1. The Balaban J connectivity index is 1.88. The van der Waals surface area contributed by atoms with Crippen LogP contribution in [0.3, 0.4) is 0 Å². The van der Waals surface area contributed by atoms with Gasteiger partial charge in [0.15, 0.2) is 0 Å². The van der Waals surface area contributed by atoms with Crippen LogP contribution in [-0.2, 0) is 16.1 Å². The Bertz CT molecular complexity index is 519. The van der Waals surface area contributed by atoms with Gasteiger partial charge in [-0.15, -0.1) is 11.3 Å². The molecule has 2 rings (SSSR count). The van der Waals surface area contributed by atoms with Gasteiger partial charge < -0.3 is 10.1 Å². The number of aryl methyl sites for hydroxylation is 1. The molecule has 1 saturated heterocycles. The maximum Gasteiger partial charge on any atom is 0.348 e. The van der Waals surface area contributed by atoms with Gasteiger partial charge in [0.2, 0.25) is 5.91 Å². The second kappa shape index (κ2) is 8.29. The molecule has 0 bridgehead atoms. The summed E-state index contributed by atoms with van der Waals surface area (Å²) in [7, 11) is 1.37. The Morgan fingerprint density at radius 2 is 1.95 bits per heavy atom. The van der Waals surface area contributed by atoms with E-state index in [9.17, 15) is 9.59 Å². The summed E-state index contributed by atoms with van der Waals surface area (Å²) < 4.78 is 4.78. The zero-order valence-corrected chi connectivity index (χ0v) is 14.1. The van der Waals surface area contributed by atoms with E-state index >= 15 is 0 Å². The smallest absolute Gasteiger partial charge is 0.348 e. The van der Waals surface area contributed by atoms with E-state index in [4.69, 9.17) is 4.74 Å². The fourth-order valence-corrected chi connectivity index (χ4v) is 3.68. The third kappa shape index (κ3) is 4.55. The molecule has 1 aromatic heterocycles. The molecule has 5 nitrogen and oxygen atoms in total. The van der Waals surface area contributed by atoms with Gasteiger partial charge in [-0.05, 0) is 49.4 Å². The number of nitrogens with one attached hydrogen (secondary N) is 1. The molecule has 1 amide bonds. The highest BCUT2D eigenvalue weighted by molar-refractivity contribution is 7.12. The number of nitrogens with zero attached hydrogens (tertiary/aromatic N) is 1. The Labute approximate surface area is 135 Å². The van der Waals surface area contributed by atoms with Crippen molar-refractivity contribution in [1.29, 1.82) is 0 Å². The first-order valence-electron chi connectivity index (χ1n) is 7.76. The second-order valence-electron chi connectivity index (χ2n) is 5.69. The molecule has 1 aliphatic heterocycles. The van der Waals surface area contributed by atoms with Gasteiger partial charge in [-0.2, -0.15) is 0 Å². The number of rotatable bonds is 5. The third-order valence-electron chi connectivity index (χ3n) is 4.00. The molecule has 0 unspecified atom stereocenters. The Hall–Kier alpha value is -1.40. The van der Waals surface area contributed by atoms with E-state index < -0.39 is 0 Å². The minimum atomic E-state index is -0.338. The predicted molar refractivity (Wildman–Crippen MR) is 87.2 cm³/mol. The number of carbonyl (C=O) groups is 2. The van der Waals surface area contributed by atoms with Crippen molar-refractivity contribution in [1.82, 2.24) is 10.2 Å². The van der Waals surface area contributed by atoms with Crippen molar-refractivity contribution in [2.75, 3.05) is 26.7 Å². The van der Waals surface area contributed by atoms with E-state index in [-0.39, 0.29) is 11.9 Å². The summed E-state index contributed by atoms with van der Waals surface area (Å²) in [6.45, 7) is 4.76. The van der Waals surface area contributed by atoms with Gasteiger partial charge in [-0.25, -0.2) is 4.79 Å². The summed E-state index contributed by atoms with van der Waals surface area (Å²) in [4.78, 5) is 26.6. The molecular weight excluding hydrogens is 300 g/mol. The van der Waals surface area contributed by atoms with E-state index in [0.717, 1.165) is 24.2 Å². The van der Waals surface area contributed by atoms with Crippen LogP contribution >= 0.6 is 11.3 Å². The summed E-state index contributed by atoms with van der Waals surface area (Å²) >= 11 is 1.36. The Morgan fingerprint density at radius 3 is 2.59 bits per heavy atom. The Morgan fingerprint density at radius 1 is 1.27 bits per heavy atom. The van der Waals surface area contributed by atoms with Crippen LogP contribution in [-0.4, -0.2) is 43.5 Å². The number of hydrogen-bond acceptors (Lipinski definition) is 5. The van der Waals surface area contributed by atoms with E-state index in [0.29, 0.717) is 18.0 Å². The fourth-order valence-electron chi connectivity index (χ4n) is 2.69. The van der Waals surface area contributed by atoms with Gasteiger partial charge in [0, 0.05) is 6.54 Å². The lowest BCUT2D eigenvalue weighted by Crippen LogP contribution is -2.37. The summed E-state index contributed by atoms with van der Waals surface area (Å²) in [5.74, 6) is -0.321. The van der Waals surface area contributed by atoms with Crippen molar-refractivity contribution in [2.45, 2.75) is 39.2 Å². The van der Waals surface area contributed by atoms with E-state index in [2.05, 4.69) is 10.2 Å². The van der Waals surface area contributed by atoms with Gasteiger partial charge in [0.05, 0.1) is 13.7 Å². The standard InChI is InChI=1S/C16H24N2O3S/c1-12-11-22-15(16(20)21-2)13(12)9-17-14(19)10-18-7-5-3-4-6-8-18/h11H,3-10H2,1-2H3,(H,17,19). The molecule has 0 radical (unpaired) electrons. The fraction of sp³-hybridized carbons (Fsp3) is 0.625. The maximum atomic E-state index is 12.1. The predicted octanol–water partition coefficient (Wildman–Crippen LogP) is 2.34. The number of carbonyl (C=O) groups excluding carboxylic acids is 2. The number of likely N-dealkylation sites (tertiary alicyclic amines) is 1. The molecule has 0 aliphatic carbocycles. The zero-order chi connectivity index (χ0) is 15.9. The van der Waals surface area contributed by atoms with Crippen LogP contribution in [0.1, 0.15) is 46.5 Å². The molecule has 1 aromatic rings. The molecular formula is C16H24N2O3S. The van der Waals surface area contributed by atoms with Gasteiger partial charge >= 0.3 is 5.97 Å². The Kier molecular flexibility index (Phi) is 6.39. The van der Waals surface area contributed by atoms with Crippen LogP contribution in [0, 0.1) is 6.92 Å². The van der Waals surface area contributed by atoms with Crippen LogP contribution in [0.5, 0.6) is 0 Å². The van der Waals surface area contributed by atoms with Gasteiger partial charge in [-0.1, -0.05) is 12.8 Å². The van der Waals surface area contributed by atoms with Crippen LogP contribution in [0.4, 0.5) is 0 Å². The number of thiophene rings is 1. The molecule has 2 heterocycles. The highest BCUT2D eigenvalue weighted by Gasteiger charge is 2.18. The molecule has 0 spiro atoms.